The zero-order chi connectivity index (χ0) is 15.4. The van der Waals surface area contributed by atoms with Crippen LogP contribution in [0.5, 0.6) is 0 Å². The number of carbonyl (C=O) groups is 2. The first-order valence-corrected chi connectivity index (χ1v) is 6.68. The van der Waals surface area contributed by atoms with Gasteiger partial charge >= 0.3 is 5.97 Å². The molecule has 0 fully saturated rings. The van der Waals surface area contributed by atoms with Gasteiger partial charge in [-0.15, -0.1) is 0 Å². The van der Waals surface area contributed by atoms with Crippen molar-refractivity contribution in [1.29, 1.82) is 0 Å². The molecule has 7 heteroatoms. The van der Waals surface area contributed by atoms with Crippen LogP contribution in [0.25, 0.3) is 0 Å². The van der Waals surface area contributed by atoms with E-state index < -0.39 is 17.7 Å². The molecule has 2 aromatic rings. The normalized spacial score (nSPS) is 10.2. The number of carbonyl (C=O) groups excluding carboxylic acids is 1. The number of halogens is 2. The smallest absolute Gasteiger partial charge is 0.354 e. The number of amides is 1. The molecule has 1 heterocycles. The molecule has 0 atom stereocenters. The molecule has 0 saturated carbocycles. The van der Waals surface area contributed by atoms with Gasteiger partial charge in [0, 0.05) is 17.2 Å². The van der Waals surface area contributed by atoms with Crippen LogP contribution in [0.1, 0.15) is 26.4 Å². The lowest BCUT2D eigenvalue weighted by Gasteiger charge is -2.06. The minimum atomic E-state index is -1.12. The van der Waals surface area contributed by atoms with Crippen LogP contribution in [0.2, 0.25) is 0 Å². The molecular formula is C14H10BrFN2O3. The monoisotopic (exact) mass is 352 g/mol. The summed E-state index contributed by atoms with van der Waals surface area (Å²) in [6.45, 7) is 0.126. The minimum Gasteiger partial charge on any atom is -0.477 e. The molecule has 2 rings (SSSR count). The van der Waals surface area contributed by atoms with Gasteiger partial charge in [0.1, 0.15) is 11.5 Å². The third-order valence-electron chi connectivity index (χ3n) is 2.67. The van der Waals surface area contributed by atoms with Crippen molar-refractivity contribution in [2.75, 3.05) is 0 Å². The summed E-state index contributed by atoms with van der Waals surface area (Å²) >= 11 is 3.11. The number of carboxylic acid groups (broad SMARTS) is 1. The van der Waals surface area contributed by atoms with E-state index >= 15 is 0 Å². The van der Waals surface area contributed by atoms with Crippen molar-refractivity contribution in [3.8, 4) is 0 Å². The van der Waals surface area contributed by atoms with E-state index in [1.54, 1.807) is 6.07 Å². The van der Waals surface area contributed by atoms with Crippen LogP contribution in [0.15, 0.2) is 41.0 Å². The predicted molar refractivity (Wildman–Crippen MR) is 76.5 cm³/mol. The Hall–Kier alpha value is -2.28. The Balaban J connectivity index is 2.02. The first kappa shape index (κ1) is 15.1. The van der Waals surface area contributed by atoms with Crippen LogP contribution < -0.4 is 5.32 Å². The van der Waals surface area contributed by atoms with Gasteiger partial charge in [0.25, 0.3) is 5.91 Å². The van der Waals surface area contributed by atoms with Gasteiger partial charge in [0.2, 0.25) is 0 Å². The van der Waals surface area contributed by atoms with Crippen LogP contribution in [-0.2, 0) is 6.54 Å². The maximum Gasteiger partial charge on any atom is 0.354 e. The summed E-state index contributed by atoms with van der Waals surface area (Å²) in [5, 5.41) is 11.3. The van der Waals surface area contributed by atoms with Gasteiger partial charge < -0.3 is 10.4 Å². The number of carboxylic acids is 1. The second-order valence-electron chi connectivity index (χ2n) is 4.16. The van der Waals surface area contributed by atoms with Gasteiger partial charge in [-0.2, -0.15) is 0 Å². The lowest BCUT2D eigenvalue weighted by Crippen LogP contribution is -2.24. The van der Waals surface area contributed by atoms with Crippen molar-refractivity contribution in [1.82, 2.24) is 10.3 Å². The minimum absolute atomic E-state index is 0.0617. The summed E-state index contributed by atoms with van der Waals surface area (Å²) < 4.78 is 14.1. The fourth-order valence-corrected chi connectivity index (χ4v) is 1.94. The number of benzene rings is 1. The van der Waals surface area contributed by atoms with E-state index in [4.69, 9.17) is 5.11 Å². The number of nitrogens with one attached hydrogen (secondary N) is 1. The highest BCUT2D eigenvalue weighted by atomic mass is 79.9. The summed E-state index contributed by atoms with van der Waals surface area (Å²) in [6.07, 6.45) is 1.35. The number of aromatic nitrogens is 1. The van der Waals surface area contributed by atoms with E-state index in [0.29, 0.717) is 10.0 Å². The highest BCUT2D eigenvalue weighted by molar-refractivity contribution is 9.10. The van der Waals surface area contributed by atoms with Crippen molar-refractivity contribution in [3.05, 3.63) is 63.6 Å². The van der Waals surface area contributed by atoms with Crippen LogP contribution in [0.3, 0.4) is 0 Å². The number of rotatable bonds is 4. The molecule has 0 aliphatic rings. The number of hydrogen-bond acceptors (Lipinski definition) is 3. The first-order valence-electron chi connectivity index (χ1n) is 5.89. The van der Waals surface area contributed by atoms with Crippen molar-refractivity contribution >= 4 is 27.8 Å². The van der Waals surface area contributed by atoms with Crippen LogP contribution in [0.4, 0.5) is 4.39 Å². The molecule has 2 N–H and O–H groups in total. The van der Waals surface area contributed by atoms with Crippen molar-refractivity contribution in [2.24, 2.45) is 0 Å². The molecule has 0 radical (unpaired) electrons. The molecule has 1 aromatic heterocycles. The molecule has 108 valence electrons. The highest BCUT2D eigenvalue weighted by Crippen LogP contribution is 2.15. The van der Waals surface area contributed by atoms with Crippen molar-refractivity contribution < 1.29 is 19.1 Å². The fourth-order valence-electron chi connectivity index (χ4n) is 1.61. The predicted octanol–water partition coefficient (Wildman–Crippen LogP) is 2.61. The molecule has 0 spiro atoms. The summed E-state index contributed by atoms with van der Waals surface area (Å²) in [4.78, 5) is 26.2. The Kier molecular flexibility index (Phi) is 4.64. The molecule has 0 aliphatic carbocycles. The van der Waals surface area contributed by atoms with Gasteiger partial charge in [-0.25, -0.2) is 14.2 Å². The second kappa shape index (κ2) is 6.45. The topological polar surface area (TPSA) is 79.3 Å². The maximum atomic E-state index is 13.6. The molecule has 1 amide bonds. The van der Waals surface area contributed by atoms with Crippen molar-refractivity contribution in [3.63, 3.8) is 0 Å². The Labute approximate surface area is 128 Å². The van der Waals surface area contributed by atoms with Gasteiger partial charge in [-0.1, -0.05) is 22.0 Å². The Bertz CT molecular complexity index is 689. The highest BCUT2D eigenvalue weighted by Gasteiger charge is 2.11. The van der Waals surface area contributed by atoms with Crippen molar-refractivity contribution in [2.45, 2.75) is 6.54 Å². The number of pyridine rings is 1. The molecule has 21 heavy (non-hydrogen) atoms. The van der Waals surface area contributed by atoms with E-state index in [9.17, 15) is 14.0 Å². The zero-order valence-corrected chi connectivity index (χ0v) is 12.2. The van der Waals surface area contributed by atoms with Gasteiger partial charge in [0.05, 0.1) is 5.56 Å². The molecular weight excluding hydrogens is 343 g/mol. The van der Waals surface area contributed by atoms with Gasteiger partial charge in [0.15, 0.2) is 0 Å². The number of aromatic carboxylic acids is 1. The lowest BCUT2D eigenvalue weighted by atomic mass is 10.2. The Morgan fingerprint density at radius 1 is 1.29 bits per heavy atom. The summed E-state index contributed by atoms with van der Waals surface area (Å²) in [5.41, 5.74) is 0.475. The average Bonchev–Trinajstić information content (AvgIpc) is 2.45. The Morgan fingerprint density at radius 2 is 2.05 bits per heavy atom. The molecule has 0 saturated heterocycles. The third kappa shape index (κ3) is 3.85. The third-order valence-corrected chi connectivity index (χ3v) is 3.17. The standard InChI is InChI=1S/C14H10BrFN2O3/c15-9-2-3-10(11(16)5-9)13(19)18-7-8-1-4-12(14(20)21)17-6-8/h1-6H,7H2,(H,18,19)(H,20,21). The molecule has 5 nitrogen and oxygen atoms in total. The maximum absolute atomic E-state index is 13.6. The SMILES string of the molecule is O=C(O)c1ccc(CNC(=O)c2ccc(Br)cc2F)cn1. The largest absolute Gasteiger partial charge is 0.477 e. The molecule has 0 bridgehead atoms. The summed E-state index contributed by atoms with van der Waals surface area (Å²) in [6, 6.07) is 7.03. The van der Waals surface area contributed by atoms with E-state index in [1.807, 2.05) is 0 Å². The van der Waals surface area contributed by atoms with Gasteiger partial charge in [-0.05, 0) is 29.8 Å². The van der Waals surface area contributed by atoms with Crippen LogP contribution in [-0.4, -0.2) is 22.0 Å². The number of nitrogens with zero attached hydrogens (tertiary/aromatic N) is 1. The van der Waals surface area contributed by atoms with E-state index in [0.717, 1.165) is 0 Å². The van der Waals surface area contributed by atoms with Crippen LogP contribution in [0, 0.1) is 5.82 Å². The summed E-state index contributed by atoms with van der Waals surface area (Å²) in [5.74, 6) is -2.30. The van der Waals surface area contributed by atoms with E-state index in [2.05, 4.69) is 26.2 Å². The van der Waals surface area contributed by atoms with E-state index in [-0.39, 0.29) is 17.8 Å². The van der Waals surface area contributed by atoms with E-state index in [1.165, 1.54) is 30.5 Å². The average molecular weight is 353 g/mol. The molecule has 0 aliphatic heterocycles. The second-order valence-corrected chi connectivity index (χ2v) is 5.08. The first-order chi connectivity index (χ1) is 9.97. The van der Waals surface area contributed by atoms with Gasteiger partial charge in [-0.3, -0.25) is 4.79 Å². The lowest BCUT2D eigenvalue weighted by molar-refractivity contribution is 0.0690. The van der Waals surface area contributed by atoms with Crippen LogP contribution >= 0.6 is 15.9 Å². The number of hydrogen-bond donors (Lipinski definition) is 2. The molecule has 0 unspecified atom stereocenters. The Morgan fingerprint density at radius 3 is 2.62 bits per heavy atom. The quantitative estimate of drug-likeness (QED) is 0.886. The molecule has 1 aromatic carbocycles. The summed E-state index contributed by atoms with van der Waals surface area (Å²) in [7, 11) is 0. The zero-order valence-electron chi connectivity index (χ0n) is 10.6. The fraction of sp³-hybridized carbons (Fsp3) is 0.0714.